The molecule has 0 saturated heterocycles. The van der Waals surface area contributed by atoms with Gasteiger partial charge in [0.2, 0.25) is 4.80 Å². The lowest BCUT2D eigenvalue weighted by atomic mass is 10.2. The first kappa shape index (κ1) is 22.9. The first-order valence-electron chi connectivity index (χ1n) is 10.8. The van der Waals surface area contributed by atoms with Crippen LogP contribution in [0.1, 0.15) is 11.4 Å². The fraction of sp³-hybridized carbons (Fsp3) is 0.0769. The van der Waals surface area contributed by atoms with Gasteiger partial charge in [0.15, 0.2) is 5.69 Å². The normalized spacial score (nSPS) is 12.0. The van der Waals surface area contributed by atoms with Gasteiger partial charge in [0.1, 0.15) is 0 Å². The molecule has 0 bridgehead atoms. The molecular weight excluding hydrogens is 524 g/mol. The van der Waals surface area contributed by atoms with Crippen LogP contribution in [0.2, 0.25) is 0 Å². The maximum Gasteiger partial charge on any atom is 0.297 e. The van der Waals surface area contributed by atoms with Crippen LogP contribution in [-0.2, 0) is 7.05 Å². The van der Waals surface area contributed by atoms with Crippen molar-refractivity contribution in [3.05, 3.63) is 115 Å². The molecule has 0 aliphatic carbocycles. The van der Waals surface area contributed by atoms with Crippen molar-refractivity contribution in [1.29, 1.82) is 0 Å². The standard InChI is InChI=1S/C26H21BrN6OS/c1-18-24(25(34)33(31(18)2)22-12-4-3-5-13-22)30-26-32(29-16-21-11-6-7-14-28-21)23(17-35-26)19-9-8-10-20(27)15-19/h3-17H,1-2H3. The van der Waals surface area contributed by atoms with Crippen LogP contribution in [0.25, 0.3) is 16.9 Å². The third-order valence-corrected chi connectivity index (χ3v) is 6.84. The summed E-state index contributed by atoms with van der Waals surface area (Å²) in [5.74, 6) is 0. The number of hydrogen-bond acceptors (Lipinski definition) is 5. The van der Waals surface area contributed by atoms with E-state index in [1.807, 2.05) is 96.8 Å². The SMILES string of the molecule is Cc1c(N=c2scc(-c3cccc(Br)c3)n2N=Cc2ccccn2)c(=O)n(-c2ccccc2)n1C. The fourth-order valence-electron chi connectivity index (χ4n) is 3.68. The molecule has 0 unspecified atom stereocenters. The molecule has 0 atom stereocenters. The van der Waals surface area contributed by atoms with Crippen molar-refractivity contribution in [2.45, 2.75) is 6.92 Å². The molecule has 7 nitrogen and oxygen atoms in total. The van der Waals surface area contributed by atoms with Gasteiger partial charge in [0.25, 0.3) is 5.56 Å². The monoisotopic (exact) mass is 544 g/mol. The molecule has 35 heavy (non-hydrogen) atoms. The van der Waals surface area contributed by atoms with E-state index in [0.717, 1.165) is 32.8 Å². The summed E-state index contributed by atoms with van der Waals surface area (Å²) in [5.41, 5.74) is 4.29. The first-order chi connectivity index (χ1) is 17.0. The number of hydrogen-bond donors (Lipinski definition) is 0. The van der Waals surface area contributed by atoms with Crippen LogP contribution in [0, 0.1) is 6.92 Å². The highest BCUT2D eigenvalue weighted by atomic mass is 79.9. The Balaban J connectivity index is 1.70. The summed E-state index contributed by atoms with van der Waals surface area (Å²) in [5, 5.41) is 6.69. The summed E-state index contributed by atoms with van der Waals surface area (Å²) < 4.78 is 6.16. The van der Waals surface area contributed by atoms with Crippen molar-refractivity contribution in [2.24, 2.45) is 17.1 Å². The molecule has 5 rings (SSSR count). The summed E-state index contributed by atoms with van der Waals surface area (Å²) in [6.45, 7) is 1.89. The Morgan fingerprint density at radius 1 is 1.03 bits per heavy atom. The molecule has 0 spiro atoms. The van der Waals surface area contributed by atoms with Crippen molar-refractivity contribution >= 4 is 39.2 Å². The number of halogens is 1. The summed E-state index contributed by atoms with van der Waals surface area (Å²) in [6, 6.07) is 23.2. The fourth-order valence-corrected chi connectivity index (χ4v) is 4.92. The van der Waals surface area contributed by atoms with Gasteiger partial charge in [-0.15, -0.1) is 11.3 Å². The van der Waals surface area contributed by atoms with Crippen molar-refractivity contribution in [3.8, 4) is 16.9 Å². The van der Waals surface area contributed by atoms with Gasteiger partial charge in [0, 0.05) is 28.7 Å². The number of nitrogens with zero attached hydrogens (tertiary/aromatic N) is 6. The molecule has 0 aliphatic heterocycles. The number of para-hydroxylation sites is 1. The minimum absolute atomic E-state index is 0.186. The lowest BCUT2D eigenvalue weighted by Gasteiger charge is -2.07. The largest absolute Gasteiger partial charge is 0.297 e. The average molecular weight is 545 g/mol. The molecule has 0 amide bonds. The van der Waals surface area contributed by atoms with Crippen LogP contribution in [0.5, 0.6) is 0 Å². The highest BCUT2D eigenvalue weighted by Crippen LogP contribution is 2.24. The minimum atomic E-state index is -0.186. The molecule has 0 N–H and O–H groups in total. The third-order valence-electron chi connectivity index (χ3n) is 5.53. The van der Waals surface area contributed by atoms with Gasteiger partial charge >= 0.3 is 0 Å². The maximum absolute atomic E-state index is 13.4. The van der Waals surface area contributed by atoms with Crippen molar-refractivity contribution in [3.63, 3.8) is 0 Å². The Kier molecular flexibility index (Phi) is 6.43. The second-order valence-electron chi connectivity index (χ2n) is 7.75. The molecule has 174 valence electrons. The van der Waals surface area contributed by atoms with E-state index in [2.05, 4.69) is 20.9 Å². The van der Waals surface area contributed by atoms with Gasteiger partial charge in [-0.1, -0.05) is 52.3 Å². The van der Waals surface area contributed by atoms with E-state index in [4.69, 9.17) is 10.1 Å². The van der Waals surface area contributed by atoms with Gasteiger partial charge in [-0.05, 0) is 43.3 Å². The number of aromatic nitrogens is 4. The van der Waals surface area contributed by atoms with Crippen LogP contribution in [0.15, 0.2) is 104 Å². The van der Waals surface area contributed by atoms with Crippen molar-refractivity contribution in [1.82, 2.24) is 19.0 Å². The smallest absolute Gasteiger partial charge is 0.283 e. The molecular formula is C26H21BrN6OS. The molecule has 2 aromatic carbocycles. The molecule has 0 aliphatic rings. The Bertz CT molecular complexity index is 1640. The second-order valence-corrected chi connectivity index (χ2v) is 9.50. The van der Waals surface area contributed by atoms with Crippen LogP contribution in [-0.4, -0.2) is 25.2 Å². The quantitative estimate of drug-likeness (QED) is 0.282. The molecule has 5 aromatic rings. The van der Waals surface area contributed by atoms with Gasteiger partial charge < -0.3 is 0 Å². The third kappa shape index (κ3) is 4.60. The lowest BCUT2D eigenvalue weighted by Crippen LogP contribution is -2.19. The van der Waals surface area contributed by atoms with Gasteiger partial charge in [-0.25, -0.2) is 14.4 Å². The molecule has 3 aromatic heterocycles. The van der Waals surface area contributed by atoms with E-state index < -0.39 is 0 Å². The Morgan fingerprint density at radius 3 is 2.57 bits per heavy atom. The summed E-state index contributed by atoms with van der Waals surface area (Å²) in [4.78, 5) is 23.1. The lowest BCUT2D eigenvalue weighted by molar-refractivity contribution is 0.630. The predicted molar refractivity (Wildman–Crippen MR) is 144 cm³/mol. The van der Waals surface area contributed by atoms with Crippen molar-refractivity contribution < 1.29 is 0 Å². The van der Waals surface area contributed by atoms with Crippen LogP contribution < -0.4 is 10.4 Å². The maximum atomic E-state index is 13.4. The average Bonchev–Trinajstić information content (AvgIpc) is 3.37. The zero-order chi connectivity index (χ0) is 24.4. The minimum Gasteiger partial charge on any atom is -0.283 e. The van der Waals surface area contributed by atoms with Crippen LogP contribution >= 0.6 is 27.3 Å². The van der Waals surface area contributed by atoms with Gasteiger partial charge in [-0.2, -0.15) is 5.10 Å². The Morgan fingerprint density at radius 2 is 1.83 bits per heavy atom. The second kappa shape index (κ2) is 9.81. The molecule has 0 radical (unpaired) electrons. The summed E-state index contributed by atoms with van der Waals surface area (Å²) in [6.07, 6.45) is 3.41. The predicted octanol–water partition coefficient (Wildman–Crippen LogP) is 5.29. The highest BCUT2D eigenvalue weighted by molar-refractivity contribution is 9.10. The van der Waals surface area contributed by atoms with E-state index >= 15 is 0 Å². The van der Waals surface area contributed by atoms with Gasteiger partial charge in [0.05, 0.1) is 29.0 Å². The van der Waals surface area contributed by atoms with Crippen molar-refractivity contribution in [2.75, 3.05) is 0 Å². The molecule has 3 heterocycles. The summed E-state index contributed by atoms with van der Waals surface area (Å²) in [7, 11) is 1.86. The van der Waals surface area contributed by atoms with E-state index in [-0.39, 0.29) is 5.56 Å². The molecule has 9 heteroatoms. The topological polar surface area (TPSA) is 69.5 Å². The Labute approximate surface area is 214 Å². The van der Waals surface area contributed by atoms with E-state index in [0.29, 0.717) is 10.5 Å². The van der Waals surface area contributed by atoms with E-state index in [1.54, 1.807) is 21.8 Å². The zero-order valence-electron chi connectivity index (χ0n) is 19.0. The number of rotatable bonds is 5. The molecule has 0 fully saturated rings. The van der Waals surface area contributed by atoms with E-state index in [1.165, 1.54) is 11.3 Å². The molecule has 0 saturated carbocycles. The number of pyridine rings is 1. The van der Waals surface area contributed by atoms with E-state index in [9.17, 15) is 4.79 Å². The number of benzene rings is 2. The first-order valence-corrected chi connectivity index (χ1v) is 12.5. The van der Waals surface area contributed by atoms with Crippen LogP contribution in [0.3, 0.4) is 0 Å². The summed E-state index contributed by atoms with van der Waals surface area (Å²) >= 11 is 4.97. The van der Waals surface area contributed by atoms with Crippen LogP contribution in [0.4, 0.5) is 5.69 Å². The Hall–Kier alpha value is -3.82. The van der Waals surface area contributed by atoms with Gasteiger partial charge in [-0.3, -0.25) is 14.5 Å². The zero-order valence-corrected chi connectivity index (χ0v) is 21.4. The highest BCUT2D eigenvalue weighted by Gasteiger charge is 2.17. The number of thiazole rings is 1.